The highest BCUT2D eigenvalue weighted by Crippen LogP contribution is 2.41. The Labute approximate surface area is 196 Å². The fraction of sp³-hybridized carbons (Fsp3) is 0.143. The highest BCUT2D eigenvalue weighted by Gasteiger charge is 2.30. The molecule has 5 rings (SSSR count). The second-order valence-corrected chi connectivity index (χ2v) is 8.69. The number of amides is 1. The van der Waals surface area contributed by atoms with Gasteiger partial charge in [-0.05, 0) is 36.2 Å². The van der Waals surface area contributed by atoms with Crippen molar-refractivity contribution < 1.29 is 9.90 Å². The van der Waals surface area contributed by atoms with E-state index in [9.17, 15) is 14.7 Å². The van der Waals surface area contributed by atoms with Crippen LogP contribution in [0.5, 0.6) is 5.75 Å². The molecule has 1 amide bonds. The van der Waals surface area contributed by atoms with Crippen molar-refractivity contribution in [1.82, 2.24) is 9.55 Å². The summed E-state index contributed by atoms with van der Waals surface area (Å²) in [5, 5.41) is 12.9. The summed E-state index contributed by atoms with van der Waals surface area (Å²) in [7, 11) is 1.70. The molecular weight excluding hydrogens is 426 g/mol. The molecule has 6 heteroatoms. The summed E-state index contributed by atoms with van der Waals surface area (Å²) in [6.07, 6.45) is 0.0103. The maximum atomic E-state index is 13.7. The number of aromatic nitrogens is 2. The van der Waals surface area contributed by atoms with Crippen molar-refractivity contribution in [2.24, 2.45) is 12.8 Å². The molecule has 4 N–H and O–H groups in total. The minimum Gasteiger partial charge on any atom is -0.507 e. The van der Waals surface area contributed by atoms with Gasteiger partial charge in [0, 0.05) is 29.0 Å². The number of hydrogen-bond acceptors (Lipinski definition) is 3. The van der Waals surface area contributed by atoms with E-state index >= 15 is 0 Å². The maximum absolute atomic E-state index is 13.7. The zero-order valence-electron chi connectivity index (χ0n) is 19.0. The molecule has 0 radical (unpaired) electrons. The second kappa shape index (κ2) is 8.23. The number of nitrogens with zero attached hydrogens (tertiary/aromatic N) is 1. The number of aryl methyl sites for hydroxylation is 2. The van der Waals surface area contributed by atoms with Crippen LogP contribution >= 0.6 is 0 Å². The molecule has 0 aliphatic heterocycles. The molecule has 2 heterocycles. The van der Waals surface area contributed by atoms with E-state index in [0.29, 0.717) is 16.6 Å². The van der Waals surface area contributed by atoms with Gasteiger partial charge in [0.05, 0.1) is 23.4 Å². The van der Waals surface area contributed by atoms with E-state index in [1.807, 2.05) is 73.7 Å². The number of aromatic hydroxyl groups is 1. The Hall–Kier alpha value is -4.32. The lowest BCUT2D eigenvalue weighted by Crippen LogP contribution is -2.26. The molecule has 170 valence electrons. The largest absolute Gasteiger partial charge is 0.507 e. The van der Waals surface area contributed by atoms with Crippen molar-refractivity contribution in [3.8, 4) is 5.75 Å². The molecular formula is C28H25N3O3. The third-order valence-corrected chi connectivity index (χ3v) is 6.50. The number of fused-ring (bicyclic) bond motifs is 2. The summed E-state index contributed by atoms with van der Waals surface area (Å²) in [4.78, 5) is 29.2. The first kappa shape index (κ1) is 21.5. The van der Waals surface area contributed by atoms with Gasteiger partial charge in [0.25, 0.3) is 5.56 Å². The number of hydrogen-bond donors (Lipinski definition) is 3. The lowest BCUT2D eigenvalue weighted by molar-refractivity contribution is -0.117. The van der Waals surface area contributed by atoms with Crippen LogP contribution in [0.3, 0.4) is 0 Å². The Morgan fingerprint density at radius 1 is 1.00 bits per heavy atom. The summed E-state index contributed by atoms with van der Waals surface area (Å²) in [5.41, 5.74) is 10.4. The van der Waals surface area contributed by atoms with Crippen molar-refractivity contribution >= 4 is 27.7 Å². The molecule has 0 saturated carbocycles. The summed E-state index contributed by atoms with van der Waals surface area (Å²) in [6, 6.07) is 22.8. The minimum absolute atomic E-state index is 0.0103. The second-order valence-electron chi connectivity index (χ2n) is 8.69. The van der Waals surface area contributed by atoms with Crippen LogP contribution in [-0.2, 0) is 18.3 Å². The Balaban J connectivity index is 1.90. The summed E-state index contributed by atoms with van der Waals surface area (Å²) >= 11 is 0. The molecule has 0 bridgehead atoms. The van der Waals surface area contributed by atoms with E-state index < -0.39 is 11.8 Å². The average molecular weight is 452 g/mol. The topological polar surface area (TPSA) is 101 Å². The van der Waals surface area contributed by atoms with Gasteiger partial charge in [-0.25, -0.2) is 0 Å². The molecule has 0 aliphatic rings. The number of carbonyl (C=O) groups is 1. The van der Waals surface area contributed by atoms with Crippen LogP contribution in [0.2, 0.25) is 0 Å². The van der Waals surface area contributed by atoms with E-state index in [2.05, 4.69) is 4.98 Å². The predicted molar refractivity (Wildman–Crippen MR) is 134 cm³/mol. The van der Waals surface area contributed by atoms with E-state index in [4.69, 9.17) is 5.73 Å². The first-order valence-corrected chi connectivity index (χ1v) is 11.1. The van der Waals surface area contributed by atoms with Gasteiger partial charge in [0.1, 0.15) is 5.75 Å². The molecule has 0 fully saturated rings. The van der Waals surface area contributed by atoms with Crippen LogP contribution in [0.4, 0.5) is 0 Å². The summed E-state index contributed by atoms with van der Waals surface area (Å²) in [5.74, 6) is -1.16. The molecule has 0 saturated heterocycles. The van der Waals surface area contributed by atoms with Gasteiger partial charge >= 0.3 is 0 Å². The number of benzene rings is 3. The van der Waals surface area contributed by atoms with Crippen LogP contribution in [0.15, 0.2) is 77.6 Å². The van der Waals surface area contributed by atoms with Crippen molar-refractivity contribution in [1.29, 1.82) is 0 Å². The molecule has 0 spiro atoms. The first-order chi connectivity index (χ1) is 16.4. The van der Waals surface area contributed by atoms with Gasteiger partial charge in [-0.3, -0.25) is 9.59 Å². The van der Waals surface area contributed by atoms with Gasteiger partial charge < -0.3 is 20.4 Å². The number of aromatic amines is 1. The normalized spacial score (nSPS) is 12.3. The highest BCUT2D eigenvalue weighted by molar-refractivity contribution is 5.91. The van der Waals surface area contributed by atoms with Crippen LogP contribution in [-0.4, -0.2) is 20.6 Å². The number of para-hydroxylation sites is 2. The zero-order chi connectivity index (χ0) is 24.0. The van der Waals surface area contributed by atoms with E-state index in [0.717, 1.165) is 27.6 Å². The van der Waals surface area contributed by atoms with Crippen molar-refractivity contribution in [3.63, 3.8) is 0 Å². The minimum atomic E-state index is -0.634. The maximum Gasteiger partial charge on any atom is 0.258 e. The lowest BCUT2D eigenvalue weighted by Gasteiger charge is -2.22. The Morgan fingerprint density at radius 3 is 2.35 bits per heavy atom. The van der Waals surface area contributed by atoms with E-state index in [-0.39, 0.29) is 23.3 Å². The molecule has 2 aromatic heterocycles. The Kier molecular flexibility index (Phi) is 5.21. The van der Waals surface area contributed by atoms with E-state index in [1.165, 1.54) is 0 Å². The number of primary amides is 1. The smallest absolute Gasteiger partial charge is 0.258 e. The zero-order valence-corrected chi connectivity index (χ0v) is 19.0. The Morgan fingerprint density at radius 2 is 1.65 bits per heavy atom. The van der Waals surface area contributed by atoms with Gasteiger partial charge in [-0.2, -0.15) is 0 Å². The lowest BCUT2D eigenvalue weighted by atomic mass is 9.84. The number of pyridine rings is 1. The van der Waals surface area contributed by atoms with Gasteiger partial charge in [-0.15, -0.1) is 0 Å². The average Bonchev–Trinajstić information content (AvgIpc) is 3.18. The SMILES string of the molecule is Cc1ccc(C(c2[nH]c3ccccc3c2CC(N)=O)c2c(O)c3ccccc3n(C)c2=O)cc1. The molecule has 34 heavy (non-hydrogen) atoms. The van der Waals surface area contributed by atoms with Crippen molar-refractivity contribution in [2.45, 2.75) is 19.3 Å². The number of carbonyl (C=O) groups excluding carboxylic acids is 1. The molecule has 6 nitrogen and oxygen atoms in total. The van der Waals surface area contributed by atoms with Gasteiger partial charge in [0.15, 0.2) is 0 Å². The quantitative estimate of drug-likeness (QED) is 0.372. The van der Waals surface area contributed by atoms with Crippen LogP contribution in [0.25, 0.3) is 21.8 Å². The number of nitrogens with two attached hydrogens (primary N) is 1. The third kappa shape index (κ3) is 3.44. The monoisotopic (exact) mass is 451 g/mol. The van der Waals surface area contributed by atoms with Crippen LogP contribution < -0.4 is 11.3 Å². The van der Waals surface area contributed by atoms with Crippen molar-refractivity contribution in [2.75, 3.05) is 0 Å². The molecule has 1 atom stereocenters. The summed E-state index contributed by atoms with van der Waals surface area (Å²) in [6.45, 7) is 1.99. The molecule has 1 unspecified atom stereocenters. The van der Waals surface area contributed by atoms with E-state index in [1.54, 1.807) is 17.7 Å². The highest BCUT2D eigenvalue weighted by atomic mass is 16.3. The number of rotatable bonds is 5. The van der Waals surface area contributed by atoms with Crippen LogP contribution in [0.1, 0.15) is 33.9 Å². The third-order valence-electron chi connectivity index (χ3n) is 6.50. The van der Waals surface area contributed by atoms with Gasteiger partial charge in [0.2, 0.25) is 5.91 Å². The predicted octanol–water partition coefficient (Wildman–Crippen LogP) is 4.24. The fourth-order valence-electron chi connectivity index (χ4n) is 4.83. The number of nitrogens with one attached hydrogen (secondary N) is 1. The standard InChI is InChI=1S/C28H25N3O3/c1-16-11-13-17(14-12-16)24(25-27(33)19-8-4-6-10-22(19)31(2)28(25)34)26-20(15-23(29)32)18-7-3-5-9-21(18)30-26/h3-14,24,30,33H,15H2,1-2H3,(H2,29,32). The molecule has 5 aromatic rings. The number of H-pyrrole nitrogens is 1. The van der Waals surface area contributed by atoms with Gasteiger partial charge in [-0.1, -0.05) is 60.2 Å². The first-order valence-electron chi connectivity index (χ1n) is 11.1. The Bertz CT molecular complexity index is 1610. The summed E-state index contributed by atoms with van der Waals surface area (Å²) < 4.78 is 1.56. The molecule has 3 aromatic carbocycles. The molecule has 0 aliphatic carbocycles. The van der Waals surface area contributed by atoms with Crippen molar-refractivity contribution in [3.05, 3.63) is 111 Å². The van der Waals surface area contributed by atoms with Crippen LogP contribution in [0, 0.1) is 6.92 Å². The fourth-order valence-corrected chi connectivity index (χ4v) is 4.83.